The van der Waals surface area contributed by atoms with E-state index in [4.69, 9.17) is 4.74 Å². The Morgan fingerprint density at radius 3 is 2.71 bits per heavy atom. The van der Waals surface area contributed by atoms with Gasteiger partial charge in [0.05, 0.1) is 7.11 Å². The molecular formula is C14H20FNO. The Morgan fingerprint density at radius 2 is 2.12 bits per heavy atom. The molecule has 17 heavy (non-hydrogen) atoms. The standard InChI is InChI=1S/C14H20FNO/c1-14(15)10-16-8-7-12(14)9-11-3-5-13(17-2)6-4-11/h3-6,12,16H,7-10H2,1-2H3. The molecule has 0 saturated carbocycles. The topological polar surface area (TPSA) is 21.3 Å². The van der Waals surface area contributed by atoms with Gasteiger partial charge in [0.25, 0.3) is 0 Å². The van der Waals surface area contributed by atoms with Gasteiger partial charge in [-0.3, -0.25) is 0 Å². The van der Waals surface area contributed by atoms with Crippen LogP contribution in [0.5, 0.6) is 5.75 Å². The second kappa shape index (κ2) is 5.05. The van der Waals surface area contributed by atoms with E-state index in [1.807, 2.05) is 24.3 Å². The zero-order valence-corrected chi connectivity index (χ0v) is 10.5. The van der Waals surface area contributed by atoms with E-state index in [2.05, 4.69) is 5.32 Å². The molecule has 1 aliphatic heterocycles. The number of halogens is 1. The van der Waals surface area contributed by atoms with Gasteiger partial charge >= 0.3 is 0 Å². The lowest BCUT2D eigenvalue weighted by Crippen LogP contribution is -2.47. The van der Waals surface area contributed by atoms with Crippen molar-refractivity contribution >= 4 is 0 Å². The maximum atomic E-state index is 14.3. The molecule has 1 aromatic carbocycles. The van der Waals surface area contributed by atoms with Crippen LogP contribution >= 0.6 is 0 Å². The normalized spacial score (nSPS) is 29.0. The van der Waals surface area contributed by atoms with E-state index in [-0.39, 0.29) is 5.92 Å². The zero-order valence-electron chi connectivity index (χ0n) is 10.5. The van der Waals surface area contributed by atoms with E-state index < -0.39 is 5.67 Å². The Bertz CT molecular complexity index is 361. The van der Waals surface area contributed by atoms with Crippen LogP contribution in [0, 0.1) is 5.92 Å². The third kappa shape index (κ3) is 2.97. The number of hydrogen-bond donors (Lipinski definition) is 1. The first kappa shape index (κ1) is 12.4. The van der Waals surface area contributed by atoms with Gasteiger partial charge in [-0.1, -0.05) is 12.1 Å². The van der Waals surface area contributed by atoms with Gasteiger partial charge in [-0.05, 0) is 49.9 Å². The van der Waals surface area contributed by atoms with Crippen LogP contribution in [0.15, 0.2) is 24.3 Å². The van der Waals surface area contributed by atoms with Crippen LogP contribution in [0.3, 0.4) is 0 Å². The molecule has 0 spiro atoms. The number of alkyl halides is 1. The summed E-state index contributed by atoms with van der Waals surface area (Å²) in [6.45, 7) is 3.08. The number of piperidine rings is 1. The Labute approximate surface area is 102 Å². The lowest BCUT2D eigenvalue weighted by atomic mass is 9.81. The minimum atomic E-state index is -1.10. The van der Waals surface area contributed by atoms with E-state index in [1.165, 1.54) is 5.56 Å². The molecule has 2 atom stereocenters. The van der Waals surface area contributed by atoms with Crippen molar-refractivity contribution in [3.05, 3.63) is 29.8 Å². The highest BCUT2D eigenvalue weighted by Gasteiger charge is 2.36. The fraction of sp³-hybridized carbons (Fsp3) is 0.571. The summed E-state index contributed by atoms with van der Waals surface area (Å²) in [5, 5.41) is 3.11. The average molecular weight is 237 g/mol. The van der Waals surface area contributed by atoms with Crippen LogP contribution in [0.4, 0.5) is 4.39 Å². The summed E-state index contributed by atoms with van der Waals surface area (Å²) >= 11 is 0. The van der Waals surface area contributed by atoms with E-state index in [1.54, 1.807) is 14.0 Å². The molecule has 0 aromatic heterocycles. The van der Waals surface area contributed by atoms with Crippen molar-refractivity contribution in [2.24, 2.45) is 5.92 Å². The van der Waals surface area contributed by atoms with Crippen LogP contribution in [-0.4, -0.2) is 25.9 Å². The Morgan fingerprint density at radius 1 is 1.41 bits per heavy atom. The summed E-state index contributed by atoms with van der Waals surface area (Å²) < 4.78 is 19.4. The largest absolute Gasteiger partial charge is 0.497 e. The molecule has 0 bridgehead atoms. The molecule has 0 amide bonds. The Kier molecular flexibility index (Phi) is 3.67. The molecule has 1 heterocycles. The number of benzene rings is 1. The molecule has 2 rings (SSSR count). The predicted molar refractivity (Wildman–Crippen MR) is 67.2 cm³/mol. The van der Waals surface area contributed by atoms with Crippen molar-refractivity contribution in [1.82, 2.24) is 5.32 Å². The van der Waals surface area contributed by atoms with Gasteiger partial charge in [-0.2, -0.15) is 0 Å². The van der Waals surface area contributed by atoms with Crippen LogP contribution < -0.4 is 10.1 Å². The highest BCUT2D eigenvalue weighted by molar-refractivity contribution is 5.27. The summed E-state index contributed by atoms with van der Waals surface area (Å²) in [7, 11) is 1.65. The minimum Gasteiger partial charge on any atom is -0.497 e. The van der Waals surface area contributed by atoms with E-state index in [9.17, 15) is 4.39 Å². The molecule has 2 unspecified atom stereocenters. The lowest BCUT2D eigenvalue weighted by molar-refractivity contribution is 0.0712. The molecule has 0 aliphatic carbocycles. The molecule has 3 heteroatoms. The molecule has 94 valence electrons. The molecule has 1 aromatic rings. The van der Waals surface area contributed by atoms with E-state index >= 15 is 0 Å². The summed E-state index contributed by atoms with van der Waals surface area (Å²) in [4.78, 5) is 0. The summed E-state index contributed by atoms with van der Waals surface area (Å²) in [5.74, 6) is 0.958. The molecule has 0 radical (unpaired) electrons. The molecule has 1 aliphatic rings. The van der Waals surface area contributed by atoms with E-state index in [0.29, 0.717) is 6.54 Å². The zero-order chi connectivity index (χ0) is 12.3. The van der Waals surface area contributed by atoms with Crippen LogP contribution in [0.1, 0.15) is 18.9 Å². The van der Waals surface area contributed by atoms with Crippen LogP contribution in [0.2, 0.25) is 0 Å². The minimum absolute atomic E-state index is 0.108. The number of ether oxygens (including phenoxy) is 1. The summed E-state index contributed by atoms with van der Waals surface area (Å²) in [6.07, 6.45) is 1.71. The highest BCUT2D eigenvalue weighted by Crippen LogP contribution is 2.30. The SMILES string of the molecule is COc1ccc(CC2CCNCC2(C)F)cc1. The number of rotatable bonds is 3. The second-order valence-corrected chi connectivity index (χ2v) is 4.99. The quantitative estimate of drug-likeness (QED) is 0.872. The van der Waals surface area contributed by atoms with Gasteiger partial charge in [0, 0.05) is 6.54 Å². The molecule has 1 fully saturated rings. The molecular weight excluding hydrogens is 217 g/mol. The Hall–Kier alpha value is -1.09. The fourth-order valence-electron chi connectivity index (χ4n) is 2.42. The van der Waals surface area contributed by atoms with Crippen LogP contribution in [-0.2, 0) is 6.42 Å². The average Bonchev–Trinajstić information content (AvgIpc) is 2.33. The first-order chi connectivity index (χ1) is 8.12. The first-order valence-electron chi connectivity index (χ1n) is 6.14. The van der Waals surface area contributed by atoms with Crippen molar-refractivity contribution in [1.29, 1.82) is 0 Å². The fourth-order valence-corrected chi connectivity index (χ4v) is 2.42. The van der Waals surface area contributed by atoms with Gasteiger partial charge in [0.1, 0.15) is 11.4 Å². The molecule has 1 saturated heterocycles. The van der Waals surface area contributed by atoms with E-state index in [0.717, 1.165) is 25.1 Å². The third-order valence-corrected chi connectivity index (χ3v) is 3.63. The van der Waals surface area contributed by atoms with Crippen molar-refractivity contribution in [2.45, 2.75) is 25.4 Å². The summed E-state index contributed by atoms with van der Waals surface area (Å²) in [5.41, 5.74) is 0.0830. The van der Waals surface area contributed by atoms with Crippen molar-refractivity contribution in [2.75, 3.05) is 20.2 Å². The number of methoxy groups -OCH3 is 1. The Balaban J connectivity index is 2.03. The molecule has 1 N–H and O–H groups in total. The first-order valence-corrected chi connectivity index (χ1v) is 6.14. The number of hydrogen-bond acceptors (Lipinski definition) is 2. The number of nitrogens with one attached hydrogen (secondary N) is 1. The molecule has 2 nitrogen and oxygen atoms in total. The smallest absolute Gasteiger partial charge is 0.123 e. The van der Waals surface area contributed by atoms with Gasteiger partial charge in [0.15, 0.2) is 0 Å². The van der Waals surface area contributed by atoms with Gasteiger partial charge in [-0.25, -0.2) is 4.39 Å². The van der Waals surface area contributed by atoms with Gasteiger partial charge in [-0.15, -0.1) is 0 Å². The van der Waals surface area contributed by atoms with Crippen molar-refractivity contribution < 1.29 is 9.13 Å². The van der Waals surface area contributed by atoms with Crippen LogP contribution in [0.25, 0.3) is 0 Å². The van der Waals surface area contributed by atoms with Crippen molar-refractivity contribution in [3.8, 4) is 5.75 Å². The second-order valence-electron chi connectivity index (χ2n) is 4.99. The maximum absolute atomic E-state index is 14.3. The van der Waals surface area contributed by atoms with Gasteiger partial charge < -0.3 is 10.1 Å². The van der Waals surface area contributed by atoms with Gasteiger partial charge in [0.2, 0.25) is 0 Å². The highest BCUT2D eigenvalue weighted by atomic mass is 19.1. The predicted octanol–water partition coefficient (Wildman–Crippen LogP) is 2.58. The van der Waals surface area contributed by atoms with Crippen molar-refractivity contribution in [3.63, 3.8) is 0 Å². The monoisotopic (exact) mass is 237 g/mol. The maximum Gasteiger partial charge on any atom is 0.123 e. The summed E-state index contributed by atoms with van der Waals surface area (Å²) in [6, 6.07) is 7.92. The lowest BCUT2D eigenvalue weighted by Gasteiger charge is -2.35. The third-order valence-electron chi connectivity index (χ3n) is 3.63.